The number of nitrogens with zero attached hydrogens (tertiary/aromatic N) is 2. The Morgan fingerprint density at radius 1 is 1.05 bits per heavy atom. The van der Waals surface area contributed by atoms with Crippen LogP contribution in [0.3, 0.4) is 0 Å². The van der Waals surface area contributed by atoms with Gasteiger partial charge in [0.05, 0.1) is 5.52 Å². The second-order valence-electron chi connectivity index (χ2n) is 4.58. The predicted octanol–water partition coefficient (Wildman–Crippen LogP) is 4.41. The Morgan fingerprint density at radius 3 is 2.71 bits per heavy atom. The van der Waals surface area contributed by atoms with Crippen molar-refractivity contribution in [2.24, 2.45) is 0 Å². The lowest BCUT2D eigenvalue weighted by Gasteiger charge is -2.11. The SMILES string of the molecule is CCNc1nc(Nc2cccc(I)c2)c2ccccc2n1. The van der Waals surface area contributed by atoms with E-state index in [4.69, 9.17) is 0 Å². The van der Waals surface area contributed by atoms with E-state index in [1.165, 1.54) is 3.57 Å². The summed E-state index contributed by atoms with van der Waals surface area (Å²) in [5.74, 6) is 1.46. The third-order valence-corrected chi connectivity index (χ3v) is 3.70. The van der Waals surface area contributed by atoms with Crippen LogP contribution in [0.15, 0.2) is 48.5 Å². The Labute approximate surface area is 137 Å². The highest BCUT2D eigenvalue weighted by molar-refractivity contribution is 14.1. The second-order valence-corrected chi connectivity index (χ2v) is 5.82. The van der Waals surface area contributed by atoms with Crippen molar-refractivity contribution in [3.8, 4) is 0 Å². The average molecular weight is 390 g/mol. The molecule has 1 heterocycles. The molecule has 21 heavy (non-hydrogen) atoms. The molecule has 2 aromatic carbocycles. The second kappa shape index (κ2) is 6.26. The highest BCUT2D eigenvalue weighted by Crippen LogP contribution is 2.25. The van der Waals surface area contributed by atoms with Crippen LogP contribution in [0.1, 0.15) is 6.92 Å². The Kier molecular flexibility index (Phi) is 4.19. The van der Waals surface area contributed by atoms with Gasteiger partial charge in [-0.25, -0.2) is 4.98 Å². The molecule has 0 aliphatic rings. The highest BCUT2D eigenvalue weighted by atomic mass is 127. The van der Waals surface area contributed by atoms with E-state index in [0.29, 0.717) is 5.95 Å². The first kappa shape index (κ1) is 14.1. The molecule has 4 nitrogen and oxygen atoms in total. The number of benzene rings is 2. The number of nitrogens with one attached hydrogen (secondary N) is 2. The van der Waals surface area contributed by atoms with Gasteiger partial charge in [0, 0.05) is 21.2 Å². The number of fused-ring (bicyclic) bond motifs is 1. The van der Waals surface area contributed by atoms with Gasteiger partial charge in [0.1, 0.15) is 5.82 Å². The number of anilines is 3. The van der Waals surface area contributed by atoms with Crippen molar-refractivity contribution < 1.29 is 0 Å². The van der Waals surface area contributed by atoms with E-state index >= 15 is 0 Å². The minimum atomic E-state index is 0.643. The quantitative estimate of drug-likeness (QED) is 0.648. The van der Waals surface area contributed by atoms with Crippen molar-refractivity contribution in [1.29, 1.82) is 0 Å². The summed E-state index contributed by atoms with van der Waals surface area (Å²) in [6.07, 6.45) is 0. The maximum absolute atomic E-state index is 4.58. The van der Waals surface area contributed by atoms with Crippen molar-refractivity contribution in [3.05, 3.63) is 52.1 Å². The fourth-order valence-corrected chi connectivity index (χ4v) is 2.66. The Morgan fingerprint density at radius 2 is 1.90 bits per heavy atom. The molecule has 0 aliphatic carbocycles. The van der Waals surface area contributed by atoms with Crippen LogP contribution in [-0.2, 0) is 0 Å². The largest absolute Gasteiger partial charge is 0.354 e. The molecule has 0 spiro atoms. The summed E-state index contributed by atoms with van der Waals surface area (Å²) >= 11 is 2.30. The molecule has 0 atom stereocenters. The van der Waals surface area contributed by atoms with E-state index in [1.807, 2.05) is 43.3 Å². The van der Waals surface area contributed by atoms with Crippen molar-refractivity contribution in [3.63, 3.8) is 0 Å². The van der Waals surface area contributed by atoms with Crippen LogP contribution >= 0.6 is 22.6 Å². The summed E-state index contributed by atoms with van der Waals surface area (Å²) in [6.45, 7) is 2.83. The molecular weight excluding hydrogens is 375 g/mol. The van der Waals surface area contributed by atoms with E-state index in [2.05, 4.69) is 55.3 Å². The van der Waals surface area contributed by atoms with Gasteiger partial charge in [0.2, 0.25) is 5.95 Å². The lowest BCUT2D eigenvalue weighted by molar-refractivity contribution is 1.11. The van der Waals surface area contributed by atoms with Crippen LogP contribution in [0.5, 0.6) is 0 Å². The minimum absolute atomic E-state index is 0.643. The van der Waals surface area contributed by atoms with Crippen LogP contribution in [0.4, 0.5) is 17.5 Å². The van der Waals surface area contributed by atoms with Crippen molar-refractivity contribution in [1.82, 2.24) is 9.97 Å². The van der Waals surface area contributed by atoms with E-state index < -0.39 is 0 Å². The smallest absolute Gasteiger partial charge is 0.225 e. The molecular formula is C16H15IN4. The van der Waals surface area contributed by atoms with Crippen LogP contribution < -0.4 is 10.6 Å². The zero-order valence-electron chi connectivity index (χ0n) is 11.6. The fraction of sp³-hybridized carbons (Fsp3) is 0.125. The van der Waals surface area contributed by atoms with Crippen LogP contribution in [0.25, 0.3) is 10.9 Å². The molecule has 0 bridgehead atoms. The number of aromatic nitrogens is 2. The molecule has 5 heteroatoms. The van der Waals surface area contributed by atoms with E-state index in [-0.39, 0.29) is 0 Å². The van der Waals surface area contributed by atoms with Gasteiger partial charge < -0.3 is 10.6 Å². The summed E-state index contributed by atoms with van der Waals surface area (Å²) in [4.78, 5) is 9.10. The van der Waals surface area contributed by atoms with Gasteiger partial charge in [-0.2, -0.15) is 4.98 Å². The molecule has 2 N–H and O–H groups in total. The summed E-state index contributed by atoms with van der Waals surface area (Å²) < 4.78 is 1.18. The number of para-hydroxylation sites is 1. The first-order valence-electron chi connectivity index (χ1n) is 6.79. The molecule has 0 amide bonds. The molecule has 0 radical (unpaired) electrons. The maximum Gasteiger partial charge on any atom is 0.225 e. The van der Waals surface area contributed by atoms with Gasteiger partial charge in [-0.3, -0.25) is 0 Å². The maximum atomic E-state index is 4.58. The van der Waals surface area contributed by atoms with Crippen molar-refractivity contribution >= 4 is 50.9 Å². The van der Waals surface area contributed by atoms with Crippen molar-refractivity contribution in [2.45, 2.75) is 6.92 Å². The van der Waals surface area contributed by atoms with Gasteiger partial charge in [-0.05, 0) is 59.8 Å². The summed E-state index contributed by atoms with van der Waals surface area (Å²) in [7, 11) is 0. The van der Waals surface area contributed by atoms with Crippen LogP contribution in [0.2, 0.25) is 0 Å². The lowest BCUT2D eigenvalue weighted by atomic mass is 10.2. The van der Waals surface area contributed by atoms with Gasteiger partial charge in [0.15, 0.2) is 0 Å². The molecule has 0 saturated heterocycles. The first-order valence-corrected chi connectivity index (χ1v) is 7.87. The number of hydrogen-bond donors (Lipinski definition) is 2. The third-order valence-electron chi connectivity index (χ3n) is 3.03. The third kappa shape index (κ3) is 3.24. The number of rotatable bonds is 4. The van der Waals surface area contributed by atoms with Gasteiger partial charge in [-0.1, -0.05) is 18.2 Å². The van der Waals surface area contributed by atoms with Gasteiger partial charge in [-0.15, -0.1) is 0 Å². The Balaban J connectivity index is 2.07. The Bertz CT molecular complexity index is 773. The zero-order chi connectivity index (χ0) is 14.7. The average Bonchev–Trinajstić information content (AvgIpc) is 2.48. The lowest BCUT2D eigenvalue weighted by Crippen LogP contribution is -2.05. The Hall–Kier alpha value is -1.89. The van der Waals surface area contributed by atoms with E-state index in [1.54, 1.807) is 0 Å². The number of hydrogen-bond acceptors (Lipinski definition) is 4. The molecule has 0 aliphatic heterocycles. The summed E-state index contributed by atoms with van der Waals surface area (Å²) in [6, 6.07) is 16.2. The van der Waals surface area contributed by atoms with Crippen LogP contribution in [0, 0.1) is 3.57 Å². The molecule has 3 aromatic rings. The standard InChI is InChI=1S/C16H15IN4/c1-2-18-16-20-14-9-4-3-8-13(14)15(21-16)19-12-7-5-6-11(17)10-12/h3-10H,2H2,1H3,(H2,18,19,20,21). The van der Waals surface area contributed by atoms with Crippen molar-refractivity contribution in [2.75, 3.05) is 17.2 Å². The van der Waals surface area contributed by atoms with Gasteiger partial charge >= 0.3 is 0 Å². The molecule has 0 saturated carbocycles. The zero-order valence-corrected chi connectivity index (χ0v) is 13.8. The molecule has 106 valence electrons. The van der Waals surface area contributed by atoms with Crippen LogP contribution in [-0.4, -0.2) is 16.5 Å². The number of halogens is 1. The molecule has 3 rings (SSSR count). The minimum Gasteiger partial charge on any atom is -0.354 e. The molecule has 1 aromatic heterocycles. The van der Waals surface area contributed by atoms with E-state index in [9.17, 15) is 0 Å². The highest BCUT2D eigenvalue weighted by Gasteiger charge is 2.07. The summed E-state index contributed by atoms with van der Waals surface area (Å²) in [5, 5.41) is 7.58. The predicted molar refractivity (Wildman–Crippen MR) is 96.1 cm³/mol. The summed E-state index contributed by atoms with van der Waals surface area (Å²) in [5.41, 5.74) is 1.95. The fourth-order valence-electron chi connectivity index (χ4n) is 2.11. The molecule has 0 unspecified atom stereocenters. The topological polar surface area (TPSA) is 49.8 Å². The van der Waals surface area contributed by atoms with Gasteiger partial charge in [0.25, 0.3) is 0 Å². The van der Waals surface area contributed by atoms with E-state index in [0.717, 1.165) is 29.0 Å². The molecule has 0 fully saturated rings. The first-order chi connectivity index (χ1) is 10.3. The monoisotopic (exact) mass is 390 g/mol. The normalized spacial score (nSPS) is 10.6.